The van der Waals surface area contributed by atoms with Crippen molar-refractivity contribution in [1.29, 1.82) is 0 Å². The number of aromatic nitrogens is 2. The number of benzene rings is 2. The van der Waals surface area contributed by atoms with E-state index in [0.717, 1.165) is 5.56 Å². The molecule has 0 unspecified atom stereocenters. The smallest absolute Gasteiger partial charge is 0.257 e. The van der Waals surface area contributed by atoms with Crippen LogP contribution in [-0.4, -0.2) is 54.7 Å². The van der Waals surface area contributed by atoms with Crippen molar-refractivity contribution < 1.29 is 17.9 Å². The van der Waals surface area contributed by atoms with Crippen LogP contribution in [0.1, 0.15) is 15.9 Å². The predicted octanol–water partition coefficient (Wildman–Crippen LogP) is 2.86. The Morgan fingerprint density at radius 3 is 2.65 bits per heavy atom. The second-order valence-corrected chi connectivity index (χ2v) is 9.32. The third-order valence-corrected chi connectivity index (χ3v) is 7.17. The lowest BCUT2D eigenvalue weighted by molar-refractivity contribution is 0.0730. The summed E-state index contributed by atoms with van der Waals surface area (Å²) < 4.78 is 34.2. The first-order valence-electron chi connectivity index (χ1n) is 9.69. The van der Waals surface area contributed by atoms with Crippen LogP contribution in [0.25, 0.3) is 0 Å². The van der Waals surface area contributed by atoms with Crippen LogP contribution in [0.5, 0.6) is 0 Å². The van der Waals surface area contributed by atoms with Gasteiger partial charge in [-0.05, 0) is 35.9 Å². The van der Waals surface area contributed by atoms with Gasteiger partial charge in [0.15, 0.2) is 0 Å². The van der Waals surface area contributed by atoms with Gasteiger partial charge in [-0.1, -0.05) is 29.8 Å². The van der Waals surface area contributed by atoms with E-state index in [0.29, 0.717) is 25.4 Å². The van der Waals surface area contributed by atoms with Crippen LogP contribution in [0.15, 0.2) is 65.8 Å². The van der Waals surface area contributed by atoms with E-state index < -0.39 is 15.9 Å². The zero-order chi connectivity index (χ0) is 21.8. The van der Waals surface area contributed by atoms with Crippen molar-refractivity contribution in [3.8, 4) is 0 Å². The number of sulfonamides is 1. The van der Waals surface area contributed by atoms with Gasteiger partial charge in [0.25, 0.3) is 5.91 Å². The minimum Gasteiger partial charge on any atom is -0.379 e. The summed E-state index contributed by atoms with van der Waals surface area (Å²) >= 11 is 6.24. The van der Waals surface area contributed by atoms with Gasteiger partial charge >= 0.3 is 0 Å². The molecule has 31 heavy (non-hydrogen) atoms. The van der Waals surface area contributed by atoms with E-state index in [1.165, 1.54) is 22.5 Å². The fourth-order valence-electron chi connectivity index (χ4n) is 3.31. The molecule has 2 heterocycles. The zero-order valence-electron chi connectivity index (χ0n) is 16.6. The molecule has 0 radical (unpaired) electrons. The van der Waals surface area contributed by atoms with E-state index in [-0.39, 0.29) is 28.6 Å². The summed E-state index contributed by atoms with van der Waals surface area (Å²) in [5.74, 6) is -0.489. The SMILES string of the molecule is O=C(Nc1ccccc1Cn1cccn1)c1cc(S(=O)(=O)N2CCOCC2)ccc1Cl. The van der Waals surface area contributed by atoms with Gasteiger partial charge in [-0.15, -0.1) is 0 Å². The summed E-state index contributed by atoms with van der Waals surface area (Å²) in [6.07, 6.45) is 3.51. The molecule has 1 N–H and O–H groups in total. The number of nitrogens with one attached hydrogen (secondary N) is 1. The Balaban J connectivity index is 1.59. The molecule has 0 saturated carbocycles. The molecule has 0 aliphatic carbocycles. The summed E-state index contributed by atoms with van der Waals surface area (Å²) in [4.78, 5) is 13.0. The molecule has 0 bridgehead atoms. The number of hydrogen-bond acceptors (Lipinski definition) is 5. The van der Waals surface area contributed by atoms with Gasteiger partial charge in [0.05, 0.1) is 35.2 Å². The second-order valence-electron chi connectivity index (χ2n) is 6.97. The molecule has 162 valence electrons. The molecule has 1 fully saturated rings. The molecule has 10 heteroatoms. The van der Waals surface area contributed by atoms with E-state index in [1.54, 1.807) is 16.9 Å². The Morgan fingerprint density at radius 2 is 1.90 bits per heavy atom. The lowest BCUT2D eigenvalue weighted by Gasteiger charge is -2.26. The maximum absolute atomic E-state index is 13.0. The molecule has 3 aromatic rings. The van der Waals surface area contributed by atoms with E-state index in [4.69, 9.17) is 16.3 Å². The number of carbonyl (C=O) groups is 1. The number of nitrogens with zero attached hydrogens (tertiary/aromatic N) is 3. The second kappa shape index (κ2) is 9.19. The van der Waals surface area contributed by atoms with Gasteiger partial charge in [0.2, 0.25) is 10.0 Å². The van der Waals surface area contributed by atoms with Gasteiger partial charge < -0.3 is 10.1 Å². The van der Waals surface area contributed by atoms with Crippen molar-refractivity contribution in [3.05, 3.63) is 77.1 Å². The summed E-state index contributed by atoms with van der Waals surface area (Å²) in [7, 11) is -3.75. The number of halogens is 1. The average Bonchev–Trinajstić information content (AvgIpc) is 3.29. The van der Waals surface area contributed by atoms with Gasteiger partial charge in [0, 0.05) is 31.2 Å². The van der Waals surface area contributed by atoms with E-state index in [1.807, 2.05) is 30.5 Å². The lowest BCUT2D eigenvalue weighted by Crippen LogP contribution is -2.40. The largest absolute Gasteiger partial charge is 0.379 e. The number of carbonyl (C=O) groups excluding carboxylic acids is 1. The Morgan fingerprint density at radius 1 is 1.13 bits per heavy atom. The minimum absolute atomic E-state index is 0.0220. The molecule has 2 aromatic carbocycles. The third-order valence-electron chi connectivity index (χ3n) is 4.95. The number of amides is 1. The molecule has 1 aromatic heterocycles. The third kappa shape index (κ3) is 4.80. The van der Waals surface area contributed by atoms with Crippen molar-refractivity contribution >= 4 is 33.2 Å². The fraction of sp³-hybridized carbons (Fsp3) is 0.238. The van der Waals surface area contributed by atoms with E-state index in [2.05, 4.69) is 10.4 Å². The number of anilines is 1. The van der Waals surface area contributed by atoms with E-state index in [9.17, 15) is 13.2 Å². The Labute approximate surface area is 185 Å². The fourth-order valence-corrected chi connectivity index (χ4v) is 4.95. The van der Waals surface area contributed by atoms with E-state index >= 15 is 0 Å². The summed E-state index contributed by atoms with van der Waals surface area (Å²) in [5.41, 5.74) is 1.54. The summed E-state index contributed by atoms with van der Waals surface area (Å²) in [5, 5.41) is 7.20. The first kappa shape index (κ1) is 21.5. The number of rotatable bonds is 6. The minimum atomic E-state index is -3.75. The topological polar surface area (TPSA) is 93.5 Å². The summed E-state index contributed by atoms with van der Waals surface area (Å²) in [6, 6.07) is 13.3. The van der Waals surface area contributed by atoms with Crippen molar-refractivity contribution in [2.75, 3.05) is 31.6 Å². The normalized spacial score (nSPS) is 15.0. The van der Waals surface area contributed by atoms with Crippen molar-refractivity contribution in [2.24, 2.45) is 0 Å². The quantitative estimate of drug-likeness (QED) is 0.610. The molecule has 1 amide bonds. The zero-order valence-corrected chi connectivity index (χ0v) is 18.1. The molecule has 1 saturated heterocycles. The molecule has 1 aliphatic rings. The van der Waals surface area contributed by atoms with Crippen molar-refractivity contribution in [2.45, 2.75) is 11.4 Å². The average molecular weight is 461 g/mol. The maximum atomic E-state index is 13.0. The number of para-hydroxylation sites is 1. The lowest BCUT2D eigenvalue weighted by atomic mass is 10.1. The highest BCUT2D eigenvalue weighted by molar-refractivity contribution is 7.89. The van der Waals surface area contributed by atoms with Gasteiger partial charge in [0.1, 0.15) is 0 Å². The van der Waals surface area contributed by atoms with Crippen LogP contribution in [0.2, 0.25) is 5.02 Å². The number of morpholine rings is 1. The van der Waals surface area contributed by atoms with Gasteiger partial charge in [-0.3, -0.25) is 9.48 Å². The van der Waals surface area contributed by atoms with Crippen LogP contribution < -0.4 is 5.32 Å². The van der Waals surface area contributed by atoms with Gasteiger partial charge in [-0.2, -0.15) is 9.40 Å². The first-order chi connectivity index (χ1) is 14.9. The molecule has 8 nitrogen and oxygen atoms in total. The number of hydrogen-bond donors (Lipinski definition) is 1. The highest BCUT2D eigenvalue weighted by Gasteiger charge is 2.27. The van der Waals surface area contributed by atoms with Crippen molar-refractivity contribution in [3.63, 3.8) is 0 Å². The molecular formula is C21H21ClN4O4S. The standard InChI is InChI=1S/C21H21ClN4O4S/c22-19-7-6-17(31(28,29)26-10-12-30-13-11-26)14-18(19)21(27)24-20-5-2-1-4-16(20)15-25-9-3-8-23-25/h1-9,14H,10-13,15H2,(H,24,27). The Hall–Kier alpha value is -2.72. The molecule has 4 rings (SSSR count). The first-order valence-corrected chi connectivity index (χ1v) is 11.5. The Bertz CT molecular complexity index is 1180. The predicted molar refractivity (Wildman–Crippen MR) is 117 cm³/mol. The maximum Gasteiger partial charge on any atom is 0.257 e. The highest BCUT2D eigenvalue weighted by atomic mass is 35.5. The van der Waals surface area contributed by atoms with Crippen LogP contribution in [-0.2, 0) is 21.3 Å². The van der Waals surface area contributed by atoms with Crippen LogP contribution in [0.4, 0.5) is 5.69 Å². The van der Waals surface area contributed by atoms with Crippen molar-refractivity contribution in [1.82, 2.24) is 14.1 Å². The Kier molecular flexibility index (Phi) is 6.38. The van der Waals surface area contributed by atoms with Crippen LogP contribution in [0.3, 0.4) is 0 Å². The van der Waals surface area contributed by atoms with Gasteiger partial charge in [-0.25, -0.2) is 8.42 Å². The molecule has 0 atom stereocenters. The number of ether oxygens (including phenoxy) is 1. The monoisotopic (exact) mass is 460 g/mol. The summed E-state index contributed by atoms with van der Waals surface area (Å²) in [6.45, 7) is 1.70. The molecule has 0 spiro atoms. The highest BCUT2D eigenvalue weighted by Crippen LogP contribution is 2.25. The van der Waals surface area contributed by atoms with Crippen LogP contribution >= 0.6 is 11.6 Å². The van der Waals surface area contributed by atoms with Crippen LogP contribution in [0, 0.1) is 0 Å². The molecular weight excluding hydrogens is 440 g/mol. The molecule has 1 aliphatic heterocycles.